The summed E-state index contributed by atoms with van der Waals surface area (Å²) in [5, 5.41) is 8.63. The fraction of sp³-hybridized carbons (Fsp3) is 0.438. The van der Waals surface area contributed by atoms with E-state index in [1.54, 1.807) is 0 Å². The van der Waals surface area contributed by atoms with Crippen LogP contribution in [0.15, 0.2) is 29.3 Å². The summed E-state index contributed by atoms with van der Waals surface area (Å²) in [4.78, 5) is 9.69. The van der Waals surface area contributed by atoms with Gasteiger partial charge in [0.05, 0.1) is 17.8 Å². The van der Waals surface area contributed by atoms with E-state index in [0.29, 0.717) is 0 Å². The van der Waals surface area contributed by atoms with E-state index in [1.165, 1.54) is 0 Å². The summed E-state index contributed by atoms with van der Waals surface area (Å²) >= 11 is 0. The van der Waals surface area contributed by atoms with Gasteiger partial charge in [-0.15, -0.1) is 10.2 Å². The summed E-state index contributed by atoms with van der Waals surface area (Å²) in [5.74, 6) is 2.99. The van der Waals surface area contributed by atoms with Crippen molar-refractivity contribution >= 4 is 11.5 Å². The molecule has 2 aromatic rings. The molecule has 1 aromatic heterocycles. The van der Waals surface area contributed by atoms with Crippen molar-refractivity contribution in [3.05, 3.63) is 35.9 Å². The van der Waals surface area contributed by atoms with Gasteiger partial charge in [0.15, 0.2) is 0 Å². The summed E-state index contributed by atoms with van der Waals surface area (Å²) in [5.41, 5.74) is 2.07. The topological polar surface area (TPSA) is 49.6 Å². The van der Waals surface area contributed by atoms with Crippen molar-refractivity contribution in [1.82, 2.24) is 24.6 Å². The number of rotatable bonds is 0. The molecule has 0 radical (unpaired) electrons. The van der Waals surface area contributed by atoms with Crippen LogP contribution in [0.1, 0.15) is 11.6 Å². The molecular weight excluding hydrogens is 276 g/mol. The minimum atomic E-state index is 0.735. The highest BCUT2D eigenvalue weighted by atomic mass is 15.3. The van der Waals surface area contributed by atoms with Crippen molar-refractivity contribution < 1.29 is 0 Å². The Kier molecular flexibility index (Phi) is 3.18. The first-order valence-electron chi connectivity index (χ1n) is 7.74. The highest BCUT2D eigenvalue weighted by molar-refractivity contribution is 5.88. The Morgan fingerprint density at radius 2 is 1.77 bits per heavy atom. The maximum atomic E-state index is 4.95. The Labute approximate surface area is 130 Å². The predicted octanol–water partition coefficient (Wildman–Crippen LogP) is 1.41. The van der Waals surface area contributed by atoms with Crippen LogP contribution in [0.4, 0.5) is 5.69 Å². The van der Waals surface area contributed by atoms with Crippen molar-refractivity contribution in [2.45, 2.75) is 13.3 Å². The van der Waals surface area contributed by atoms with Gasteiger partial charge >= 0.3 is 0 Å². The van der Waals surface area contributed by atoms with E-state index in [4.69, 9.17) is 4.99 Å². The van der Waals surface area contributed by atoms with Crippen LogP contribution in [0.2, 0.25) is 0 Å². The minimum absolute atomic E-state index is 0.735. The fourth-order valence-electron chi connectivity index (χ4n) is 3.15. The molecule has 0 unspecified atom stereocenters. The smallest absolute Gasteiger partial charge is 0.145 e. The van der Waals surface area contributed by atoms with E-state index >= 15 is 0 Å². The van der Waals surface area contributed by atoms with E-state index in [9.17, 15) is 0 Å². The summed E-state index contributed by atoms with van der Waals surface area (Å²) in [7, 11) is 2.17. The molecule has 0 bridgehead atoms. The van der Waals surface area contributed by atoms with Crippen molar-refractivity contribution in [2.75, 3.05) is 33.2 Å². The zero-order valence-electron chi connectivity index (χ0n) is 13.0. The zero-order valence-corrected chi connectivity index (χ0v) is 13.0. The number of para-hydroxylation sites is 2. The molecule has 3 heterocycles. The first kappa shape index (κ1) is 13.5. The van der Waals surface area contributed by atoms with Gasteiger partial charge in [0.1, 0.15) is 17.5 Å². The van der Waals surface area contributed by atoms with Crippen LogP contribution < -0.4 is 0 Å². The molecule has 2 aliphatic heterocycles. The lowest BCUT2D eigenvalue weighted by atomic mass is 10.2. The third-order valence-corrected chi connectivity index (χ3v) is 4.45. The molecule has 6 nitrogen and oxygen atoms in total. The number of likely N-dealkylation sites (N-methyl/N-ethyl adjacent to an activating group) is 1. The van der Waals surface area contributed by atoms with Gasteiger partial charge in [0.2, 0.25) is 0 Å². The standard InChI is InChI=1S/C16H20N6/c1-12-18-19-16-11-15(21-9-7-20(2)8-10-21)17-13-5-3-4-6-14(13)22(12)16/h3-6H,7-11H2,1-2H3. The lowest BCUT2D eigenvalue weighted by molar-refractivity contribution is 0.213. The van der Waals surface area contributed by atoms with Gasteiger partial charge in [0.25, 0.3) is 0 Å². The number of fused-ring (bicyclic) bond motifs is 3. The molecule has 114 valence electrons. The maximum Gasteiger partial charge on any atom is 0.145 e. The molecule has 0 atom stereocenters. The predicted molar refractivity (Wildman–Crippen MR) is 86.0 cm³/mol. The van der Waals surface area contributed by atoms with Crippen LogP contribution in [-0.4, -0.2) is 63.6 Å². The number of aryl methyl sites for hydroxylation is 1. The molecule has 4 rings (SSSR count). The lowest BCUT2D eigenvalue weighted by Crippen LogP contribution is -2.47. The first-order valence-corrected chi connectivity index (χ1v) is 7.74. The third-order valence-electron chi connectivity index (χ3n) is 4.45. The average molecular weight is 296 g/mol. The van der Waals surface area contributed by atoms with Crippen LogP contribution in [0.3, 0.4) is 0 Å². The van der Waals surface area contributed by atoms with Crippen LogP contribution >= 0.6 is 0 Å². The summed E-state index contributed by atoms with van der Waals surface area (Å²) < 4.78 is 2.13. The van der Waals surface area contributed by atoms with Crippen LogP contribution in [0, 0.1) is 6.92 Å². The largest absolute Gasteiger partial charge is 0.357 e. The van der Waals surface area contributed by atoms with Crippen molar-refractivity contribution in [2.24, 2.45) is 4.99 Å². The van der Waals surface area contributed by atoms with Gasteiger partial charge in [-0.25, -0.2) is 4.99 Å². The Hall–Kier alpha value is -2.21. The normalized spacial score (nSPS) is 18.5. The van der Waals surface area contributed by atoms with Crippen molar-refractivity contribution in [1.29, 1.82) is 0 Å². The lowest BCUT2D eigenvalue weighted by Gasteiger charge is -2.34. The molecule has 0 N–H and O–H groups in total. The van der Waals surface area contributed by atoms with Gasteiger partial charge in [-0.1, -0.05) is 12.1 Å². The number of hydrogen-bond donors (Lipinski definition) is 0. The molecule has 0 saturated carbocycles. The molecule has 1 saturated heterocycles. The first-order chi connectivity index (χ1) is 10.7. The SMILES string of the molecule is Cc1nnc2n1-c1ccccc1N=C(N1CCN(C)CC1)C2. The number of aliphatic imine (C=N–C) groups is 1. The van der Waals surface area contributed by atoms with Crippen molar-refractivity contribution in [3.8, 4) is 5.69 Å². The monoisotopic (exact) mass is 296 g/mol. The summed E-state index contributed by atoms with van der Waals surface area (Å²) in [6.45, 7) is 6.18. The van der Waals surface area contributed by atoms with Gasteiger partial charge in [-0.3, -0.25) is 4.57 Å². The minimum Gasteiger partial charge on any atom is -0.357 e. The summed E-state index contributed by atoms with van der Waals surface area (Å²) in [6, 6.07) is 8.23. The molecular formula is C16H20N6. The number of hydrogen-bond acceptors (Lipinski definition) is 5. The van der Waals surface area contributed by atoms with E-state index < -0.39 is 0 Å². The quantitative estimate of drug-likeness (QED) is 0.737. The Morgan fingerprint density at radius 3 is 2.59 bits per heavy atom. The number of amidine groups is 1. The van der Waals surface area contributed by atoms with E-state index in [1.807, 2.05) is 19.1 Å². The number of piperazine rings is 1. The molecule has 0 amide bonds. The van der Waals surface area contributed by atoms with Gasteiger partial charge in [0, 0.05) is 26.2 Å². The molecule has 1 fully saturated rings. The fourth-order valence-corrected chi connectivity index (χ4v) is 3.15. The van der Waals surface area contributed by atoms with Gasteiger partial charge < -0.3 is 9.80 Å². The highest BCUT2D eigenvalue weighted by Gasteiger charge is 2.24. The van der Waals surface area contributed by atoms with Gasteiger partial charge in [-0.05, 0) is 26.1 Å². The van der Waals surface area contributed by atoms with Crippen molar-refractivity contribution in [3.63, 3.8) is 0 Å². The van der Waals surface area contributed by atoms with Crippen LogP contribution in [0.25, 0.3) is 5.69 Å². The average Bonchev–Trinajstić information content (AvgIpc) is 2.80. The maximum absolute atomic E-state index is 4.95. The van der Waals surface area contributed by atoms with Crippen LogP contribution in [-0.2, 0) is 6.42 Å². The zero-order chi connectivity index (χ0) is 15.1. The second kappa shape index (κ2) is 5.21. The van der Waals surface area contributed by atoms with E-state index in [-0.39, 0.29) is 0 Å². The number of benzene rings is 1. The number of nitrogens with zero attached hydrogens (tertiary/aromatic N) is 6. The molecule has 0 spiro atoms. The molecule has 22 heavy (non-hydrogen) atoms. The Bertz CT molecular complexity index is 724. The Balaban J connectivity index is 1.78. The number of aromatic nitrogens is 3. The van der Waals surface area contributed by atoms with Gasteiger partial charge in [-0.2, -0.15) is 0 Å². The Morgan fingerprint density at radius 1 is 1.00 bits per heavy atom. The molecule has 1 aromatic carbocycles. The third kappa shape index (κ3) is 2.20. The highest BCUT2D eigenvalue weighted by Crippen LogP contribution is 2.29. The van der Waals surface area contributed by atoms with E-state index in [2.05, 4.69) is 43.7 Å². The summed E-state index contributed by atoms with van der Waals surface area (Å²) in [6.07, 6.45) is 0.735. The van der Waals surface area contributed by atoms with Crippen LogP contribution in [0.5, 0.6) is 0 Å². The van der Waals surface area contributed by atoms with E-state index in [0.717, 1.165) is 61.5 Å². The molecule has 6 heteroatoms. The second-order valence-corrected chi connectivity index (χ2v) is 5.98. The second-order valence-electron chi connectivity index (χ2n) is 5.98. The molecule has 0 aliphatic carbocycles. The molecule has 2 aliphatic rings.